The smallest absolute Gasteiger partial charge is 0.273 e. The molecule has 2 heterocycles. The van der Waals surface area contributed by atoms with Crippen LogP contribution in [0.15, 0.2) is 24.3 Å². The molecule has 140 valence electrons. The number of nitrogens with two attached hydrogens (primary N) is 1. The summed E-state index contributed by atoms with van der Waals surface area (Å²) in [5.41, 5.74) is 6.60. The van der Waals surface area contributed by atoms with Crippen molar-refractivity contribution in [2.24, 2.45) is 11.7 Å². The Balaban J connectivity index is 1.88. The Hall–Kier alpha value is -2.41. The van der Waals surface area contributed by atoms with Crippen molar-refractivity contribution in [1.29, 1.82) is 0 Å². The summed E-state index contributed by atoms with van der Waals surface area (Å²) in [4.78, 5) is 24.4. The van der Waals surface area contributed by atoms with Crippen LogP contribution in [0.3, 0.4) is 0 Å². The average molecular weight is 358 g/mol. The molecular weight excluding hydrogens is 332 g/mol. The molecule has 3 N–H and O–H groups in total. The van der Waals surface area contributed by atoms with Crippen LogP contribution in [0.5, 0.6) is 0 Å². The van der Waals surface area contributed by atoms with Crippen molar-refractivity contribution in [2.75, 3.05) is 6.61 Å². The topological polar surface area (TPSA) is 99.2 Å². The highest BCUT2D eigenvalue weighted by atomic mass is 16.5. The normalized spacial score (nSPS) is 18.8. The Kier molecular flexibility index (Phi) is 5.56. The van der Waals surface area contributed by atoms with Gasteiger partial charge in [0.15, 0.2) is 5.69 Å². The summed E-state index contributed by atoms with van der Waals surface area (Å²) in [5.74, 6) is -1.03. The molecule has 1 aliphatic heterocycles. The maximum Gasteiger partial charge on any atom is 0.273 e. The first-order chi connectivity index (χ1) is 12.5. The predicted octanol–water partition coefficient (Wildman–Crippen LogP) is 1.85. The van der Waals surface area contributed by atoms with Crippen molar-refractivity contribution in [2.45, 2.75) is 51.8 Å². The molecule has 1 saturated heterocycles. The van der Waals surface area contributed by atoms with Gasteiger partial charge in [-0.1, -0.05) is 32.0 Å². The van der Waals surface area contributed by atoms with Crippen LogP contribution in [-0.4, -0.2) is 40.3 Å². The molecule has 7 nitrogen and oxygen atoms in total. The number of nitrogens with one attached hydrogen (secondary N) is 1. The minimum Gasteiger partial charge on any atom is -0.376 e. The number of hydrogen-bond donors (Lipinski definition) is 2. The van der Waals surface area contributed by atoms with Gasteiger partial charge < -0.3 is 15.8 Å². The molecule has 1 aromatic heterocycles. The zero-order chi connectivity index (χ0) is 18.7. The summed E-state index contributed by atoms with van der Waals surface area (Å²) in [6.07, 6.45) is 3.34. The van der Waals surface area contributed by atoms with Crippen LogP contribution in [0.1, 0.15) is 43.6 Å². The number of rotatable bonds is 6. The predicted molar refractivity (Wildman–Crippen MR) is 98.6 cm³/mol. The highest BCUT2D eigenvalue weighted by Gasteiger charge is 2.26. The summed E-state index contributed by atoms with van der Waals surface area (Å²) in [6.45, 7) is 5.06. The molecule has 2 aromatic rings. The second kappa shape index (κ2) is 7.86. The van der Waals surface area contributed by atoms with Crippen LogP contribution >= 0.6 is 0 Å². The van der Waals surface area contributed by atoms with Gasteiger partial charge in [0.2, 0.25) is 5.91 Å². The van der Waals surface area contributed by atoms with E-state index in [4.69, 9.17) is 10.5 Å². The number of amides is 2. The molecule has 0 bridgehead atoms. The van der Waals surface area contributed by atoms with E-state index in [0.29, 0.717) is 12.2 Å². The van der Waals surface area contributed by atoms with E-state index >= 15 is 0 Å². The van der Waals surface area contributed by atoms with Gasteiger partial charge in [0, 0.05) is 12.0 Å². The standard InChI is InChI=1S/C19H26N4O3/c1-12(2)16(18(20)24)21-19(25)17-14-8-3-4-9-15(14)23(22-17)11-13-7-5-6-10-26-13/h3-4,8-9,12-13,16H,5-7,10-11H2,1-2H3,(H2,20,24)(H,21,25)/t13?,16-/m0/s1. The van der Waals surface area contributed by atoms with Crippen molar-refractivity contribution >= 4 is 22.7 Å². The zero-order valence-corrected chi connectivity index (χ0v) is 15.3. The Morgan fingerprint density at radius 3 is 2.77 bits per heavy atom. The summed E-state index contributed by atoms with van der Waals surface area (Å²) < 4.78 is 7.63. The largest absolute Gasteiger partial charge is 0.376 e. The monoisotopic (exact) mass is 358 g/mol. The summed E-state index contributed by atoms with van der Waals surface area (Å²) in [5, 5.41) is 8.01. The highest BCUT2D eigenvalue weighted by Crippen LogP contribution is 2.21. The molecule has 0 radical (unpaired) electrons. The molecule has 26 heavy (non-hydrogen) atoms. The van der Waals surface area contributed by atoms with Crippen LogP contribution in [0.25, 0.3) is 10.9 Å². The van der Waals surface area contributed by atoms with Crippen molar-refractivity contribution in [3.63, 3.8) is 0 Å². The first-order valence-electron chi connectivity index (χ1n) is 9.14. The number of fused-ring (bicyclic) bond motifs is 1. The molecule has 2 atom stereocenters. The van der Waals surface area contributed by atoms with E-state index in [1.165, 1.54) is 0 Å². The molecule has 1 aliphatic rings. The molecule has 0 aliphatic carbocycles. The van der Waals surface area contributed by atoms with Gasteiger partial charge in [-0.25, -0.2) is 0 Å². The molecule has 3 rings (SSSR count). The fourth-order valence-corrected chi connectivity index (χ4v) is 3.35. The number of nitrogens with zero attached hydrogens (tertiary/aromatic N) is 2. The second-order valence-corrected chi connectivity index (χ2v) is 7.13. The Labute approximate surface area is 152 Å². The Bertz CT molecular complexity index is 793. The molecular formula is C19H26N4O3. The van der Waals surface area contributed by atoms with E-state index in [1.807, 2.05) is 42.8 Å². The lowest BCUT2D eigenvalue weighted by Gasteiger charge is -2.22. The third kappa shape index (κ3) is 3.88. The van der Waals surface area contributed by atoms with Crippen molar-refractivity contribution in [3.8, 4) is 0 Å². The van der Waals surface area contributed by atoms with Gasteiger partial charge in [-0.05, 0) is 31.2 Å². The fraction of sp³-hybridized carbons (Fsp3) is 0.526. The molecule has 0 saturated carbocycles. The summed E-state index contributed by atoms with van der Waals surface area (Å²) in [6, 6.07) is 6.87. The molecule has 0 spiro atoms. The van der Waals surface area contributed by atoms with Crippen LogP contribution in [0, 0.1) is 5.92 Å². The lowest BCUT2D eigenvalue weighted by Crippen LogP contribution is -2.47. The van der Waals surface area contributed by atoms with Crippen LogP contribution in [0.2, 0.25) is 0 Å². The third-order valence-corrected chi connectivity index (χ3v) is 4.78. The SMILES string of the molecule is CC(C)[C@H](NC(=O)c1nn(CC2CCCCO2)c2ccccc12)C(N)=O. The Morgan fingerprint density at radius 1 is 1.35 bits per heavy atom. The highest BCUT2D eigenvalue weighted by molar-refractivity contribution is 6.06. The summed E-state index contributed by atoms with van der Waals surface area (Å²) >= 11 is 0. The third-order valence-electron chi connectivity index (χ3n) is 4.78. The van der Waals surface area contributed by atoms with Crippen LogP contribution in [0.4, 0.5) is 0 Å². The van der Waals surface area contributed by atoms with E-state index in [9.17, 15) is 9.59 Å². The van der Waals surface area contributed by atoms with E-state index in [2.05, 4.69) is 10.4 Å². The quantitative estimate of drug-likeness (QED) is 0.823. The lowest BCUT2D eigenvalue weighted by molar-refractivity contribution is -0.120. The van der Waals surface area contributed by atoms with Crippen molar-refractivity contribution < 1.29 is 14.3 Å². The number of hydrogen-bond acceptors (Lipinski definition) is 4. The number of aromatic nitrogens is 2. The first-order valence-corrected chi connectivity index (χ1v) is 9.14. The van der Waals surface area contributed by atoms with E-state index in [-0.39, 0.29) is 17.9 Å². The summed E-state index contributed by atoms with van der Waals surface area (Å²) in [7, 11) is 0. The average Bonchev–Trinajstić information content (AvgIpc) is 2.99. The second-order valence-electron chi connectivity index (χ2n) is 7.13. The minimum absolute atomic E-state index is 0.0968. The fourth-order valence-electron chi connectivity index (χ4n) is 3.35. The number of carbonyl (C=O) groups is 2. The molecule has 1 aromatic carbocycles. The van der Waals surface area contributed by atoms with Gasteiger partial charge in [-0.15, -0.1) is 0 Å². The van der Waals surface area contributed by atoms with Gasteiger partial charge in [0.25, 0.3) is 5.91 Å². The number of primary amides is 1. The molecule has 2 amide bonds. The van der Waals surface area contributed by atoms with Gasteiger partial charge in [0.1, 0.15) is 6.04 Å². The van der Waals surface area contributed by atoms with Gasteiger partial charge in [-0.3, -0.25) is 14.3 Å². The van der Waals surface area contributed by atoms with Gasteiger partial charge >= 0.3 is 0 Å². The van der Waals surface area contributed by atoms with E-state index in [1.54, 1.807) is 0 Å². The Morgan fingerprint density at radius 2 is 2.12 bits per heavy atom. The zero-order valence-electron chi connectivity index (χ0n) is 15.3. The maximum atomic E-state index is 12.8. The van der Waals surface area contributed by atoms with E-state index in [0.717, 1.165) is 36.8 Å². The maximum absolute atomic E-state index is 12.8. The lowest BCUT2D eigenvalue weighted by atomic mass is 10.0. The molecule has 7 heteroatoms. The minimum atomic E-state index is -0.729. The molecule has 1 fully saturated rings. The first kappa shape index (κ1) is 18.4. The van der Waals surface area contributed by atoms with Crippen LogP contribution < -0.4 is 11.1 Å². The van der Waals surface area contributed by atoms with Crippen molar-refractivity contribution in [3.05, 3.63) is 30.0 Å². The van der Waals surface area contributed by atoms with E-state index < -0.39 is 11.9 Å². The number of benzene rings is 1. The number of para-hydroxylation sites is 1. The number of ether oxygens (including phenoxy) is 1. The van der Waals surface area contributed by atoms with Gasteiger partial charge in [0.05, 0.1) is 18.2 Å². The molecule has 1 unspecified atom stereocenters. The van der Waals surface area contributed by atoms with Crippen LogP contribution in [-0.2, 0) is 16.1 Å². The number of carbonyl (C=O) groups excluding carboxylic acids is 2. The van der Waals surface area contributed by atoms with Crippen molar-refractivity contribution in [1.82, 2.24) is 15.1 Å². The van der Waals surface area contributed by atoms with Gasteiger partial charge in [-0.2, -0.15) is 5.10 Å².